The Bertz CT molecular complexity index is 1050. The van der Waals surface area contributed by atoms with E-state index in [1.165, 1.54) is 6.20 Å². The first kappa shape index (κ1) is 32.1. The summed E-state index contributed by atoms with van der Waals surface area (Å²) in [4.78, 5) is 54.6. The predicted octanol–water partition coefficient (Wildman–Crippen LogP) is 4.82. The summed E-state index contributed by atoms with van der Waals surface area (Å²) in [7, 11) is 3.38. The molecule has 3 rings (SSSR count). The third kappa shape index (κ3) is 11.6. The quantitative estimate of drug-likeness (QED) is 0.0474. The molecule has 40 heavy (non-hydrogen) atoms. The zero-order chi connectivity index (χ0) is 28.6. The lowest BCUT2D eigenvalue weighted by Crippen LogP contribution is -2.36. The number of amides is 3. The molecule has 218 valence electrons. The van der Waals surface area contributed by atoms with Crippen molar-refractivity contribution < 1.29 is 19.2 Å². The minimum absolute atomic E-state index is 0.0557. The number of ketones is 2. The van der Waals surface area contributed by atoms with E-state index in [1.54, 1.807) is 33.7 Å². The highest BCUT2D eigenvalue weighted by molar-refractivity contribution is 8.76. The van der Waals surface area contributed by atoms with E-state index >= 15 is 0 Å². The number of Topliss-reactive ketones (excluding diaryl/α,β-unsaturated/α-hetero) is 2. The fraction of sp³-hybridized carbons (Fsp3) is 0.654. The molecule has 3 N–H and O–H groups in total. The summed E-state index contributed by atoms with van der Waals surface area (Å²) in [6.07, 6.45) is 8.01. The number of hydrogen-bond donors (Lipinski definition) is 3. The smallest absolute Gasteiger partial charge is 0.315 e. The Balaban J connectivity index is 1.10. The van der Waals surface area contributed by atoms with Gasteiger partial charge in [0.1, 0.15) is 11.6 Å². The molecule has 0 aromatic carbocycles. The monoisotopic (exact) mass is 607 g/mol. The summed E-state index contributed by atoms with van der Waals surface area (Å²) in [6, 6.07) is 3.70. The van der Waals surface area contributed by atoms with Crippen LogP contribution in [0.15, 0.2) is 23.4 Å². The molecule has 0 spiro atoms. The Labute approximate surface area is 247 Å². The number of fused-ring (bicyclic) bond motifs is 1. The van der Waals surface area contributed by atoms with Crippen LogP contribution in [0, 0.1) is 0 Å². The molecule has 0 saturated carbocycles. The van der Waals surface area contributed by atoms with Crippen LogP contribution in [0.5, 0.6) is 0 Å². The predicted molar refractivity (Wildman–Crippen MR) is 161 cm³/mol. The molecule has 1 aromatic rings. The second-order valence-electron chi connectivity index (χ2n) is 9.73. The van der Waals surface area contributed by atoms with Gasteiger partial charge in [0.25, 0.3) is 5.91 Å². The minimum Gasteiger partial charge on any atom is -0.352 e. The van der Waals surface area contributed by atoms with Crippen LogP contribution >= 0.6 is 33.3 Å². The van der Waals surface area contributed by atoms with E-state index in [-0.39, 0.29) is 36.3 Å². The van der Waals surface area contributed by atoms with Gasteiger partial charge >= 0.3 is 6.03 Å². The molecule has 2 saturated heterocycles. The maximum atomic E-state index is 12.2. The second-order valence-corrected chi connectivity index (χ2v) is 13.7. The molecule has 14 heteroatoms. The van der Waals surface area contributed by atoms with Crippen molar-refractivity contribution in [3.63, 3.8) is 0 Å². The molecule has 3 atom stereocenters. The molecule has 2 fully saturated rings. The van der Waals surface area contributed by atoms with Crippen molar-refractivity contribution in [1.29, 1.82) is 0 Å². The molecule has 0 aliphatic carbocycles. The van der Waals surface area contributed by atoms with E-state index in [0.29, 0.717) is 60.9 Å². The zero-order valence-corrected chi connectivity index (χ0v) is 25.0. The van der Waals surface area contributed by atoms with Gasteiger partial charge in [-0.2, -0.15) is 11.8 Å². The van der Waals surface area contributed by atoms with Crippen LogP contribution < -0.4 is 16.0 Å². The lowest BCUT2D eigenvalue weighted by Gasteiger charge is -2.16. The Hall–Kier alpha value is -2.41. The third-order valence-corrected chi connectivity index (χ3v) is 10.7. The lowest BCUT2D eigenvalue weighted by atomic mass is 10.0. The van der Waals surface area contributed by atoms with E-state index in [0.717, 1.165) is 42.9 Å². The number of nitrogens with zero attached hydrogens (tertiary/aromatic N) is 4. The Morgan fingerprint density at radius 3 is 2.62 bits per heavy atom. The lowest BCUT2D eigenvalue weighted by molar-refractivity contribution is -0.119. The van der Waals surface area contributed by atoms with Crippen LogP contribution in [-0.4, -0.2) is 69.6 Å². The number of pyridine rings is 1. The number of carbonyl (C=O) groups is 4. The summed E-state index contributed by atoms with van der Waals surface area (Å²) < 4.78 is 0. The Morgan fingerprint density at radius 1 is 1.05 bits per heavy atom. The molecule has 2 aliphatic rings. The van der Waals surface area contributed by atoms with Crippen molar-refractivity contribution >= 4 is 56.9 Å². The first-order valence-corrected chi connectivity index (χ1v) is 17.2. The molecule has 0 radical (unpaired) electrons. The fourth-order valence-electron chi connectivity index (χ4n) is 4.51. The number of unbranched alkanes of at least 4 members (excludes halogenated alkanes) is 1. The minimum atomic E-state index is -0.250. The molecular formula is C26H37N7O4S3. The molecular weight excluding hydrogens is 571 g/mol. The van der Waals surface area contributed by atoms with E-state index in [4.69, 9.17) is 5.53 Å². The van der Waals surface area contributed by atoms with Gasteiger partial charge in [-0.3, -0.25) is 19.4 Å². The van der Waals surface area contributed by atoms with Gasteiger partial charge in [-0.1, -0.05) is 33.1 Å². The highest BCUT2D eigenvalue weighted by atomic mass is 33.1. The summed E-state index contributed by atoms with van der Waals surface area (Å²) in [5.74, 6) is 2.86. The zero-order valence-electron chi connectivity index (χ0n) is 22.5. The Kier molecular flexibility index (Phi) is 14.5. The average molecular weight is 608 g/mol. The topological polar surface area (TPSA) is 166 Å². The van der Waals surface area contributed by atoms with Crippen LogP contribution in [0.2, 0.25) is 0 Å². The van der Waals surface area contributed by atoms with Gasteiger partial charge in [-0.05, 0) is 43.3 Å². The number of thioether (sulfide) groups is 1. The molecule has 0 bridgehead atoms. The van der Waals surface area contributed by atoms with Crippen molar-refractivity contribution in [2.24, 2.45) is 5.11 Å². The fourth-order valence-corrected chi connectivity index (χ4v) is 8.17. The summed E-state index contributed by atoms with van der Waals surface area (Å²) in [5.41, 5.74) is 9.34. The van der Waals surface area contributed by atoms with Crippen LogP contribution in [0.25, 0.3) is 10.4 Å². The molecule has 2 aliphatic heterocycles. The van der Waals surface area contributed by atoms with Crippen LogP contribution in [0.3, 0.4) is 0 Å². The summed E-state index contributed by atoms with van der Waals surface area (Å²) in [5, 5.41) is 12.6. The number of urea groups is 1. The van der Waals surface area contributed by atoms with Gasteiger partial charge < -0.3 is 16.0 Å². The number of aromatic nitrogens is 1. The Morgan fingerprint density at radius 2 is 1.82 bits per heavy atom. The van der Waals surface area contributed by atoms with Gasteiger partial charge in [-0.25, -0.2) is 4.79 Å². The first-order chi connectivity index (χ1) is 19.5. The van der Waals surface area contributed by atoms with E-state index in [2.05, 4.69) is 31.0 Å². The largest absolute Gasteiger partial charge is 0.352 e. The van der Waals surface area contributed by atoms with Crippen molar-refractivity contribution in [2.45, 2.75) is 81.7 Å². The number of carbonyl (C=O) groups excluding carboxylic acids is 4. The van der Waals surface area contributed by atoms with Crippen molar-refractivity contribution in [1.82, 2.24) is 20.9 Å². The highest BCUT2D eigenvalue weighted by Gasteiger charge is 2.42. The highest BCUT2D eigenvalue weighted by Crippen LogP contribution is 2.33. The van der Waals surface area contributed by atoms with Crippen molar-refractivity contribution in [2.75, 3.05) is 23.8 Å². The summed E-state index contributed by atoms with van der Waals surface area (Å²) >= 11 is 1.91. The SMILES string of the molecule is [N-]=[N+]=NCc1ccc(C(=O)NCCCC(=O)CCSSCCCC(=O)CCCC[C@@H]2SCC3NC(=O)NC32)cn1. The molecule has 11 nitrogen and oxygen atoms in total. The second kappa shape index (κ2) is 18.1. The van der Waals surface area contributed by atoms with Gasteiger partial charge in [-0.15, -0.1) is 0 Å². The number of rotatable bonds is 20. The van der Waals surface area contributed by atoms with Gasteiger partial charge in [0.05, 0.1) is 24.2 Å². The van der Waals surface area contributed by atoms with Crippen molar-refractivity contribution in [3.8, 4) is 0 Å². The maximum absolute atomic E-state index is 12.2. The van der Waals surface area contributed by atoms with Crippen LogP contribution in [0.4, 0.5) is 4.79 Å². The maximum Gasteiger partial charge on any atom is 0.315 e. The van der Waals surface area contributed by atoms with Crippen LogP contribution in [-0.2, 0) is 16.1 Å². The van der Waals surface area contributed by atoms with Crippen LogP contribution in [0.1, 0.15) is 73.8 Å². The van der Waals surface area contributed by atoms with Gasteiger partial charge in [0, 0.05) is 71.5 Å². The van der Waals surface area contributed by atoms with E-state index in [1.807, 2.05) is 11.8 Å². The van der Waals surface area contributed by atoms with Crippen molar-refractivity contribution in [3.05, 3.63) is 40.0 Å². The molecule has 3 amide bonds. The third-order valence-electron chi connectivity index (χ3n) is 6.66. The molecule has 1 aromatic heterocycles. The molecule has 2 unspecified atom stereocenters. The summed E-state index contributed by atoms with van der Waals surface area (Å²) in [6.45, 7) is 0.554. The van der Waals surface area contributed by atoms with E-state index < -0.39 is 0 Å². The average Bonchev–Trinajstić information content (AvgIpc) is 3.51. The van der Waals surface area contributed by atoms with Gasteiger partial charge in [0.2, 0.25) is 0 Å². The molecule has 3 heterocycles. The number of nitrogens with one attached hydrogen (secondary N) is 3. The van der Waals surface area contributed by atoms with E-state index in [9.17, 15) is 19.2 Å². The first-order valence-electron chi connectivity index (χ1n) is 13.7. The normalized spacial score (nSPS) is 19.3. The standard InChI is InChI=1S/C26H37N7O4S3/c27-33-30-16-19-10-9-18(15-29-19)25(36)28-12-3-6-21(35)11-14-40-39-13-4-7-20(34)5-1-2-8-23-24-22(17-38-23)31-26(37)32-24/h9-10,15,22-24H,1-8,11-14,16-17H2,(H,28,36)(H2,31,32,37)/t22?,23-,24?/m0/s1. The number of hydrogen-bond acceptors (Lipinski definition) is 9. The number of azide groups is 1. The van der Waals surface area contributed by atoms with Gasteiger partial charge in [0.15, 0.2) is 0 Å².